The van der Waals surface area contributed by atoms with Crippen molar-refractivity contribution in [2.45, 2.75) is 6.42 Å². The molecule has 0 atom stereocenters. The Morgan fingerprint density at radius 2 is 2.00 bits per heavy atom. The molecule has 0 saturated carbocycles. The molecule has 5 nitrogen and oxygen atoms in total. The minimum atomic E-state index is 0.611. The number of fused-ring (bicyclic) bond motifs is 1. The fourth-order valence-electron chi connectivity index (χ4n) is 2.04. The summed E-state index contributed by atoms with van der Waals surface area (Å²) in [5.74, 6) is 0. The van der Waals surface area contributed by atoms with Gasteiger partial charge >= 0.3 is 0 Å². The van der Waals surface area contributed by atoms with Crippen molar-refractivity contribution in [2.75, 3.05) is 24.2 Å². The molecule has 3 rings (SSSR count). The Bertz CT molecular complexity index is 708. The van der Waals surface area contributed by atoms with Gasteiger partial charge in [-0.15, -0.1) is 0 Å². The van der Waals surface area contributed by atoms with Crippen LogP contribution in [0, 0.1) is 0 Å². The topological polar surface area (TPSA) is 68.2 Å². The molecule has 2 N–H and O–H groups in total. The monoisotopic (exact) mass is 268 g/mol. The van der Waals surface area contributed by atoms with Crippen LogP contribution in [0.5, 0.6) is 0 Å². The summed E-state index contributed by atoms with van der Waals surface area (Å²) in [6, 6.07) is 10.1. The summed E-state index contributed by atoms with van der Waals surface area (Å²) in [5, 5.41) is 0. The maximum Gasteiger partial charge on any atom is 0.298 e. The summed E-state index contributed by atoms with van der Waals surface area (Å²) in [5.41, 5.74) is 9.22. The number of nitrogens with two attached hydrogens (primary N) is 1. The molecular weight excluding hydrogens is 252 g/mol. The number of benzene rings is 1. The average Bonchev–Trinajstić information content (AvgIpc) is 2.89. The highest BCUT2D eigenvalue weighted by Gasteiger charge is 2.10. The molecule has 0 bridgehead atoms. The molecule has 3 aromatic rings. The van der Waals surface area contributed by atoms with Crippen LogP contribution in [-0.2, 0) is 6.42 Å². The molecule has 0 aliphatic carbocycles. The summed E-state index contributed by atoms with van der Waals surface area (Å²) in [6.07, 6.45) is 4.52. The van der Waals surface area contributed by atoms with Crippen LogP contribution >= 0.6 is 0 Å². The Morgan fingerprint density at radius 3 is 2.80 bits per heavy atom. The van der Waals surface area contributed by atoms with Crippen molar-refractivity contribution >= 4 is 22.8 Å². The number of anilines is 2. The summed E-state index contributed by atoms with van der Waals surface area (Å²) >= 11 is 0. The van der Waals surface area contributed by atoms with E-state index in [9.17, 15) is 0 Å². The number of hydrogen-bond donors (Lipinski definition) is 1. The van der Waals surface area contributed by atoms with Crippen molar-refractivity contribution in [3.63, 3.8) is 0 Å². The third-order valence-corrected chi connectivity index (χ3v) is 3.21. The van der Waals surface area contributed by atoms with Crippen molar-refractivity contribution in [1.29, 1.82) is 0 Å². The first-order chi connectivity index (χ1) is 9.72. The molecule has 2 heterocycles. The summed E-state index contributed by atoms with van der Waals surface area (Å²) < 4.78 is 5.72. The molecule has 20 heavy (non-hydrogen) atoms. The number of rotatable bonds is 4. The first-order valence-corrected chi connectivity index (χ1v) is 6.48. The normalized spacial score (nSPS) is 10.8. The van der Waals surface area contributed by atoms with Crippen LogP contribution in [0.15, 0.2) is 47.1 Å². The number of pyridine rings is 1. The van der Waals surface area contributed by atoms with Gasteiger partial charge in [0, 0.05) is 31.7 Å². The van der Waals surface area contributed by atoms with Crippen molar-refractivity contribution in [1.82, 2.24) is 9.97 Å². The molecule has 2 aromatic heterocycles. The van der Waals surface area contributed by atoms with Crippen LogP contribution in [-0.4, -0.2) is 23.6 Å². The lowest BCUT2D eigenvalue weighted by Gasteiger charge is -2.13. The average molecular weight is 268 g/mol. The van der Waals surface area contributed by atoms with Gasteiger partial charge in [-0.25, -0.2) is 0 Å². The summed E-state index contributed by atoms with van der Waals surface area (Å²) in [7, 11) is 1.97. The molecule has 102 valence electrons. The second-order valence-electron chi connectivity index (χ2n) is 4.75. The Kier molecular flexibility index (Phi) is 3.25. The van der Waals surface area contributed by atoms with Crippen LogP contribution in [0.25, 0.3) is 11.1 Å². The SMILES string of the molecule is CN(CCc1ccncc1)c1nc2cc(N)ccc2o1. The van der Waals surface area contributed by atoms with Gasteiger partial charge in [-0.1, -0.05) is 0 Å². The number of oxazole rings is 1. The predicted octanol–water partition coefficient (Wildman–Crippen LogP) is 2.48. The number of likely N-dealkylation sites (N-methyl/N-ethyl adjacent to an activating group) is 1. The third kappa shape index (κ3) is 2.56. The molecule has 0 aliphatic rings. The van der Waals surface area contributed by atoms with Gasteiger partial charge in [0.2, 0.25) is 0 Å². The molecule has 5 heteroatoms. The maximum absolute atomic E-state index is 5.74. The highest BCUT2D eigenvalue weighted by Crippen LogP contribution is 2.23. The lowest BCUT2D eigenvalue weighted by Crippen LogP contribution is -2.20. The summed E-state index contributed by atoms with van der Waals surface area (Å²) in [4.78, 5) is 10.5. The lowest BCUT2D eigenvalue weighted by molar-refractivity contribution is 0.583. The van der Waals surface area contributed by atoms with E-state index < -0.39 is 0 Å². The quantitative estimate of drug-likeness (QED) is 0.736. The molecule has 0 amide bonds. The van der Waals surface area contributed by atoms with Crippen molar-refractivity contribution in [3.8, 4) is 0 Å². The molecule has 0 radical (unpaired) electrons. The van der Waals surface area contributed by atoms with E-state index in [0.29, 0.717) is 11.7 Å². The smallest absolute Gasteiger partial charge is 0.298 e. The zero-order valence-corrected chi connectivity index (χ0v) is 11.3. The van der Waals surface area contributed by atoms with Gasteiger partial charge < -0.3 is 15.1 Å². The highest BCUT2D eigenvalue weighted by molar-refractivity contribution is 5.78. The predicted molar refractivity (Wildman–Crippen MR) is 79.6 cm³/mol. The highest BCUT2D eigenvalue weighted by atomic mass is 16.4. The minimum absolute atomic E-state index is 0.611. The standard InChI is InChI=1S/C15H16N4O/c1-19(9-6-11-4-7-17-8-5-11)15-18-13-10-12(16)2-3-14(13)20-15/h2-5,7-8,10H,6,9,16H2,1H3. The lowest BCUT2D eigenvalue weighted by atomic mass is 10.2. The fourth-order valence-corrected chi connectivity index (χ4v) is 2.04. The zero-order valence-electron chi connectivity index (χ0n) is 11.3. The van der Waals surface area contributed by atoms with Gasteiger partial charge in [-0.05, 0) is 42.3 Å². The van der Waals surface area contributed by atoms with Crippen LogP contribution in [0.4, 0.5) is 11.7 Å². The molecule has 0 aliphatic heterocycles. The maximum atomic E-state index is 5.74. The Labute approximate surface area is 117 Å². The van der Waals surface area contributed by atoms with E-state index in [1.807, 2.05) is 42.3 Å². The van der Waals surface area contributed by atoms with Crippen LogP contribution in [0.1, 0.15) is 5.56 Å². The van der Waals surface area contributed by atoms with Crippen LogP contribution in [0.3, 0.4) is 0 Å². The first-order valence-electron chi connectivity index (χ1n) is 6.48. The van der Waals surface area contributed by atoms with E-state index >= 15 is 0 Å². The first kappa shape index (κ1) is 12.5. The largest absolute Gasteiger partial charge is 0.423 e. The molecule has 0 spiro atoms. The molecule has 0 fully saturated rings. The Balaban J connectivity index is 1.73. The van der Waals surface area contributed by atoms with Gasteiger partial charge in [0.05, 0.1) is 0 Å². The van der Waals surface area contributed by atoms with Crippen LogP contribution < -0.4 is 10.6 Å². The number of nitrogen functional groups attached to an aromatic ring is 1. The third-order valence-electron chi connectivity index (χ3n) is 3.21. The van der Waals surface area contributed by atoms with Crippen molar-refractivity contribution in [3.05, 3.63) is 48.3 Å². The molecule has 1 aromatic carbocycles. The Morgan fingerprint density at radius 1 is 1.20 bits per heavy atom. The van der Waals surface area contributed by atoms with Crippen molar-refractivity contribution < 1.29 is 4.42 Å². The number of aromatic nitrogens is 2. The van der Waals surface area contributed by atoms with Gasteiger partial charge in [0.25, 0.3) is 6.01 Å². The Hall–Kier alpha value is -2.56. The van der Waals surface area contributed by atoms with Crippen molar-refractivity contribution in [2.24, 2.45) is 0 Å². The van der Waals surface area contributed by atoms with E-state index in [1.54, 1.807) is 12.4 Å². The molecule has 0 saturated heterocycles. The second-order valence-corrected chi connectivity index (χ2v) is 4.75. The van der Waals surface area contributed by atoms with E-state index in [-0.39, 0.29) is 0 Å². The minimum Gasteiger partial charge on any atom is -0.423 e. The van der Waals surface area contributed by atoms with E-state index in [2.05, 4.69) is 9.97 Å². The van der Waals surface area contributed by atoms with E-state index in [0.717, 1.165) is 24.1 Å². The zero-order chi connectivity index (χ0) is 13.9. The number of hydrogen-bond acceptors (Lipinski definition) is 5. The summed E-state index contributed by atoms with van der Waals surface area (Å²) in [6.45, 7) is 0.826. The van der Waals surface area contributed by atoms with Gasteiger partial charge in [0.1, 0.15) is 5.52 Å². The number of nitrogens with zero attached hydrogens (tertiary/aromatic N) is 3. The molecular formula is C15H16N4O. The van der Waals surface area contributed by atoms with Crippen LogP contribution in [0.2, 0.25) is 0 Å². The second kappa shape index (κ2) is 5.21. The fraction of sp³-hybridized carbons (Fsp3) is 0.200. The molecule has 0 unspecified atom stereocenters. The van der Waals surface area contributed by atoms with E-state index in [4.69, 9.17) is 10.2 Å². The van der Waals surface area contributed by atoms with E-state index in [1.165, 1.54) is 5.56 Å². The van der Waals surface area contributed by atoms with Gasteiger partial charge in [-0.2, -0.15) is 4.98 Å². The van der Waals surface area contributed by atoms with Gasteiger partial charge in [-0.3, -0.25) is 4.98 Å². The van der Waals surface area contributed by atoms with Gasteiger partial charge in [0.15, 0.2) is 5.58 Å².